The lowest BCUT2D eigenvalue weighted by molar-refractivity contribution is -0.135. The first-order chi connectivity index (χ1) is 23.4. The lowest BCUT2D eigenvalue weighted by atomic mass is 10.00. The highest BCUT2D eigenvalue weighted by molar-refractivity contribution is 6.01. The number of aryl methyl sites for hydroxylation is 2. The summed E-state index contributed by atoms with van der Waals surface area (Å²) in [4.78, 5) is 67.0. The Morgan fingerprint density at radius 1 is 0.959 bits per heavy atom. The highest BCUT2D eigenvalue weighted by Gasteiger charge is 2.35. The Hall–Kier alpha value is -5.39. The fourth-order valence-corrected chi connectivity index (χ4v) is 5.27. The molecule has 2 atom stereocenters. The molecule has 3 aromatic carbocycles. The van der Waals surface area contributed by atoms with E-state index in [1.165, 1.54) is 13.8 Å². The number of para-hydroxylation sites is 1. The van der Waals surface area contributed by atoms with Crippen LogP contribution in [0.5, 0.6) is 11.5 Å². The zero-order chi connectivity index (χ0) is 35.4. The van der Waals surface area contributed by atoms with Gasteiger partial charge in [-0.1, -0.05) is 60.2 Å². The third kappa shape index (κ3) is 10.8. The van der Waals surface area contributed by atoms with Gasteiger partial charge in [0.2, 0.25) is 23.6 Å². The van der Waals surface area contributed by atoms with E-state index in [9.17, 15) is 24.0 Å². The summed E-state index contributed by atoms with van der Waals surface area (Å²) in [6.45, 7) is 7.62. The van der Waals surface area contributed by atoms with E-state index in [0.717, 1.165) is 16.7 Å². The molecular weight excluding hydrogens is 626 g/mol. The van der Waals surface area contributed by atoms with E-state index >= 15 is 0 Å². The van der Waals surface area contributed by atoms with Crippen molar-refractivity contribution in [1.82, 2.24) is 26.6 Å². The van der Waals surface area contributed by atoms with Gasteiger partial charge in [-0.2, -0.15) is 0 Å². The van der Waals surface area contributed by atoms with Gasteiger partial charge in [0.1, 0.15) is 35.7 Å². The van der Waals surface area contributed by atoms with E-state index in [1.54, 1.807) is 24.3 Å². The molecular formula is C37H45N5O7. The quantitative estimate of drug-likeness (QED) is 0.241. The number of carbonyl (C=O) groups excluding carboxylic acids is 5. The Labute approximate surface area is 286 Å². The molecule has 3 aromatic rings. The summed E-state index contributed by atoms with van der Waals surface area (Å²) < 4.78 is 11.7. The predicted octanol–water partition coefficient (Wildman–Crippen LogP) is 2.51. The Morgan fingerprint density at radius 3 is 2.45 bits per heavy atom. The molecule has 5 N–H and O–H groups in total. The topological polar surface area (TPSA) is 164 Å². The second kappa shape index (κ2) is 17.1. The van der Waals surface area contributed by atoms with Crippen LogP contribution in [0.25, 0.3) is 0 Å². The summed E-state index contributed by atoms with van der Waals surface area (Å²) in [5.74, 6) is -1.91. The molecule has 12 heteroatoms. The molecule has 0 fully saturated rings. The van der Waals surface area contributed by atoms with Gasteiger partial charge in [0, 0.05) is 13.0 Å². The fourth-order valence-electron chi connectivity index (χ4n) is 5.27. The first-order valence-corrected chi connectivity index (χ1v) is 16.4. The Bertz CT molecular complexity index is 1640. The smallest absolute Gasteiger partial charge is 0.255 e. The minimum Gasteiger partial charge on any atom is -0.493 e. The maximum atomic E-state index is 13.5. The molecule has 260 valence electrons. The fraction of sp³-hybridized carbons (Fsp3) is 0.378. The highest BCUT2D eigenvalue weighted by atomic mass is 16.5. The van der Waals surface area contributed by atoms with Crippen LogP contribution in [0.4, 0.5) is 0 Å². The summed E-state index contributed by atoms with van der Waals surface area (Å²) in [5.41, 5.74) is 1.60. The second-order valence-electron chi connectivity index (χ2n) is 12.5. The lowest BCUT2D eigenvalue weighted by Gasteiger charge is -2.29. The van der Waals surface area contributed by atoms with Gasteiger partial charge >= 0.3 is 0 Å². The van der Waals surface area contributed by atoms with E-state index in [1.807, 2.05) is 62.4 Å². The van der Waals surface area contributed by atoms with Gasteiger partial charge < -0.3 is 36.1 Å². The zero-order valence-corrected chi connectivity index (χ0v) is 28.4. The van der Waals surface area contributed by atoms with Gasteiger partial charge in [-0.05, 0) is 63.4 Å². The van der Waals surface area contributed by atoms with E-state index in [2.05, 4.69) is 26.6 Å². The maximum Gasteiger partial charge on any atom is 0.255 e. The van der Waals surface area contributed by atoms with Crippen LogP contribution in [0.15, 0.2) is 72.8 Å². The van der Waals surface area contributed by atoms with Crippen molar-refractivity contribution >= 4 is 29.5 Å². The Morgan fingerprint density at radius 2 is 1.69 bits per heavy atom. The van der Waals surface area contributed by atoms with Crippen LogP contribution in [0.1, 0.15) is 53.7 Å². The Balaban J connectivity index is 1.52. The van der Waals surface area contributed by atoms with Crippen LogP contribution >= 0.6 is 0 Å². The van der Waals surface area contributed by atoms with Crippen LogP contribution in [-0.2, 0) is 25.6 Å². The average Bonchev–Trinajstić information content (AvgIpc) is 3.06. The molecule has 4 rings (SSSR count). The summed E-state index contributed by atoms with van der Waals surface area (Å²) in [6.07, 6.45) is 0.182. The van der Waals surface area contributed by atoms with Gasteiger partial charge in [-0.3, -0.25) is 24.0 Å². The standard InChI is InChI=1S/C37H45N5O7/c1-24-15-16-30(25(2)21-24)49-20-18-39-35(46)29-23-32(43)42-37(3,4)36(47)41-28(22-26-11-6-5-7-12-26)34(45)38-17-10-19-48-31-14-9-8-13-27(31)33(44)40-29/h5-9,11-16,21,28-29H,10,17-20,22-23H2,1-4H3,(H,38,45)(H,39,46)(H,40,44)(H,41,47)(H,42,43)/t28-,29-/m0/s1. The van der Waals surface area contributed by atoms with Crippen molar-refractivity contribution in [1.29, 1.82) is 0 Å². The molecule has 5 amide bonds. The van der Waals surface area contributed by atoms with Gasteiger partial charge in [-0.25, -0.2) is 0 Å². The van der Waals surface area contributed by atoms with E-state index in [0.29, 0.717) is 12.2 Å². The minimum atomic E-state index is -1.47. The number of amides is 5. The Kier molecular flexibility index (Phi) is 12.7. The average molecular weight is 672 g/mol. The number of fused-ring (bicyclic) bond motifs is 1. The van der Waals surface area contributed by atoms with E-state index < -0.39 is 53.6 Å². The molecule has 0 saturated heterocycles. The van der Waals surface area contributed by atoms with Crippen LogP contribution in [0.3, 0.4) is 0 Å². The largest absolute Gasteiger partial charge is 0.493 e. The molecule has 12 nitrogen and oxygen atoms in total. The first kappa shape index (κ1) is 36.4. The molecule has 0 saturated carbocycles. The third-order valence-corrected chi connectivity index (χ3v) is 7.93. The second-order valence-corrected chi connectivity index (χ2v) is 12.5. The number of nitrogens with one attached hydrogen (secondary N) is 5. The summed E-state index contributed by atoms with van der Waals surface area (Å²) in [6, 6.07) is 19.4. The van der Waals surface area contributed by atoms with Crippen LogP contribution in [-0.4, -0.2) is 73.5 Å². The molecule has 0 spiro atoms. The van der Waals surface area contributed by atoms with Crippen molar-refractivity contribution < 1.29 is 33.4 Å². The number of ether oxygens (including phenoxy) is 2. The van der Waals surface area contributed by atoms with Crippen LogP contribution in [0.2, 0.25) is 0 Å². The normalized spacial score (nSPS) is 18.9. The van der Waals surface area contributed by atoms with Gasteiger partial charge in [0.25, 0.3) is 5.91 Å². The van der Waals surface area contributed by atoms with Crippen molar-refractivity contribution in [2.75, 3.05) is 26.3 Å². The summed E-state index contributed by atoms with van der Waals surface area (Å²) >= 11 is 0. The molecule has 1 aliphatic rings. The molecule has 1 aliphatic heterocycles. The van der Waals surface area contributed by atoms with Crippen LogP contribution in [0, 0.1) is 13.8 Å². The van der Waals surface area contributed by atoms with E-state index in [-0.39, 0.29) is 44.0 Å². The number of rotatable bonds is 7. The number of hydrogen-bond donors (Lipinski definition) is 5. The van der Waals surface area contributed by atoms with Gasteiger partial charge in [0.05, 0.1) is 25.1 Å². The molecule has 0 unspecified atom stereocenters. The van der Waals surface area contributed by atoms with Crippen molar-refractivity contribution in [3.63, 3.8) is 0 Å². The summed E-state index contributed by atoms with van der Waals surface area (Å²) in [5, 5.41) is 13.7. The van der Waals surface area contributed by atoms with Crippen molar-refractivity contribution in [2.45, 2.75) is 64.6 Å². The van der Waals surface area contributed by atoms with Gasteiger partial charge in [0.15, 0.2) is 0 Å². The highest BCUT2D eigenvalue weighted by Crippen LogP contribution is 2.20. The molecule has 0 aliphatic carbocycles. The third-order valence-electron chi connectivity index (χ3n) is 7.93. The SMILES string of the molecule is Cc1ccc(OCCNC(=O)[C@@H]2CC(=O)NC(C)(C)C(=O)N[C@@H](Cc3ccccc3)C(=O)NCCCOc3ccccc3C(=O)N2)c(C)c1. The molecule has 0 radical (unpaired) electrons. The predicted molar refractivity (Wildman–Crippen MR) is 184 cm³/mol. The van der Waals surface area contributed by atoms with Gasteiger partial charge in [-0.15, -0.1) is 0 Å². The number of carbonyl (C=O) groups is 5. The first-order valence-electron chi connectivity index (χ1n) is 16.4. The number of hydrogen-bond acceptors (Lipinski definition) is 7. The molecule has 49 heavy (non-hydrogen) atoms. The maximum absolute atomic E-state index is 13.5. The van der Waals surface area contributed by atoms with E-state index in [4.69, 9.17) is 9.47 Å². The monoisotopic (exact) mass is 671 g/mol. The molecule has 0 aromatic heterocycles. The van der Waals surface area contributed by atoms with Crippen LogP contribution < -0.4 is 36.1 Å². The van der Waals surface area contributed by atoms with Crippen molar-refractivity contribution in [3.05, 3.63) is 95.1 Å². The molecule has 1 heterocycles. The van der Waals surface area contributed by atoms with Crippen molar-refractivity contribution in [2.24, 2.45) is 0 Å². The van der Waals surface area contributed by atoms with Crippen molar-refractivity contribution in [3.8, 4) is 11.5 Å². The molecule has 0 bridgehead atoms. The minimum absolute atomic E-state index is 0.110. The number of benzene rings is 3. The zero-order valence-electron chi connectivity index (χ0n) is 28.4. The summed E-state index contributed by atoms with van der Waals surface area (Å²) in [7, 11) is 0. The lowest BCUT2D eigenvalue weighted by Crippen LogP contribution is -2.60.